The van der Waals surface area contributed by atoms with Gasteiger partial charge in [0.25, 0.3) is 0 Å². The molecule has 1 saturated heterocycles. The number of sulfonamides is 1. The Morgan fingerprint density at radius 3 is 2.63 bits per heavy atom. The molecule has 3 rings (SSSR count). The van der Waals surface area contributed by atoms with E-state index in [1.165, 1.54) is 16.4 Å². The fourth-order valence-electron chi connectivity index (χ4n) is 3.14. The van der Waals surface area contributed by atoms with Gasteiger partial charge >= 0.3 is 0 Å². The smallest absolute Gasteiger partial charge is 0.243 e. The van der Waals surface area contributed by atoms with E-state index < -0.39 is 21.8 Å². The second kappa shape index (κ2) is 7.66. The van der Waals surface area contributed by atoms with Gasteiger partial charge in [0.2, 0.25) is 15.9 Å². The molecule has 1 aliphatic heterocycles. The van der Waals surface area contributed by atoms with Crippen molar-refractivity contribution in [2.45, 2.75) is 24.7 Å². The zero-order valence-corrected chi connectivity index (χ0v) is 15.8. The maximum Gasteiger partial charge on any atom is 0.243 e. The minimum absolute atomic E-state index is 0.0247. The van der Waals surface area contributed by atoms with E-state index in [2.05, 4.69) is 5.32 Å². The monoisotopic (exact) mass is 391 g/mol. The second-order valence-corrected chi connectivity index (χ2v) is 8.66. The first-order valence-electron chi connectivity index (χ1n) is 8.70. The third-order valence-electron chi connectivity index (χ3n) is 4.73. The summed E-state index contributed by atoms with van der Waals surface area (Å²) in [6, 6.07) is 9.96. The zero-order chi connectivity index (χ0) is 19.6. The van der Waals surface area contributed by atoms with Crippen LogP contribution in [0.1, 0.15) is 18.4 Å². The van der Waals surface area contributed by atoms with Crippen molar-refractivity contribution >= 4 is 27.3 Å². The number of benzene rings is 2. The summed E-state index contributed by atoms with van der Waals surface area (Å²) < 4.78 is 39.9. The molecule has 2 aromatic rings. The molecule has 0 radical (unpaired) electrons. The lowest BCUT2D eigenvalue weighted by molar-refractivity contribution is -0.120. The largest absolute Gasteiger partial charge is 0.399 e. The molecular weight excluding hydrogens is 369 g/mol. The molecule has 144 valence electrons. The van der Waals surface area contributed by atoms with Crippen LogP contribution in [-0.4, -0.2) is 31.7 Å². The molecule has 8 heteroatoms. The number of nitrogens with two attached hydrogens (primary N) is 1. The van der Waals surface area contributed by atoms with Crippen molar-refractivity contribution in [2.75, 3.05) is 24.1 Å². The van der Waals surface area contributed by atoms with Gasteiger partial charge in [-0.2, -0.15) is 4.31 Å². The van der Waals surface area contributed by atoms with E-state index in [1.54, 1.807) is 12.1 Å². The van der Waals surface area contributed by atoms with E-state index in [4.69, 9.17) is 5.73 Å². The van der Waals surface area contributed by atoms with E-state index >= 15 is 0 Å². The van der Waals surface area contributed by atoms with Crippen LogP contribution in [0, 0.1) is 18.7 Å². The number of aryl methyl sites for hydroxylation is 1. The number of nitrogen functional groups attached to an aromatic ring is 1. The quantitative estimate of drug-likeness (QED) is 0.784. The molecule has 0 spiro atoms. The number of piperidine rings is 1. The molecule has 1 fully saturated rings. The van der Waals surface area contributed by atoms with Gasteiger partial charge in [0, 0.05) is 24.5 Å². The van der Waals surface area contributed by atoms with Gasteiger partial charge in [-0.25, -0.2) is 12.8 Å². The van der Waals surface area contributed by atoms with Crippen LogP contribution in [0.3, 0.4) is 0 Å². The second-order valence-electron chi connectivity index (χ2n) is 6.72. The van der Waals surface area contributed by atoms with Gasteiger partial charge in [-0.3, -0.25) is 4.79 Å². The predicted molar refractivity (Wildman–Crippen MR) is 102 cm³/mol. The number of hydrogen-bond acceptors (Lipinski definition) is 4. The van der Waals surface area contributed by atoms with Crippen LogP contribution in [0.5, 0.6) is 0 Å². The van der Waals surface area contributed by atoms with Gasteiger partial charge in [-0.05, 0) is 61.7 Å². The zero-order valence-electron chi connectivity index (χ0n) is 15.0. The van der Waals surface area contributed by atoms with Crippen molar-refractivity contribution in [3.63, 3.8) is 0 Å². The Morgan fingerprint density at radius 2 is 1.93 bits per heavy atom. The number of carbonyl (C=O) groups excluding carboxylic acids is 1. The van der Waals surface area contributed by atoms with Gasteiger partial charge in [0.15, 0.2) is 0 Å². The van der Waals surface area contributed by atoms with Crippen LogP contribution < -0.4 is 11.1 Å². The molecule has 1 atom stereocenters. The lowest BCUT2D eigenvalue weighted by atomic mass is 9.98. The Hall–Kier alpha value is -2.45. The molecular formula is C19H22FN3O3S. The highest BCUT2D eigenvalue weighted by Crippen LogP contribution is 2.26. The molecule has 1 amide bonds. The topological polar surface area (TPSA) is 92.5 Å². The predicted octanol–water partition coefficient (Wildman–Crippen LogP) is 2.76. The van der Waals surface area contributed by atoms with Crippen LogP contribution >= 0.6 is 0 Å². The van der Waals surface area contributed by atoms with Crippen molar-refractivity contribution in [1.82, 2.24) is 4.31 Å². The summed E-state index contributed by atoms with van der Waals surface area (Å²) >= 11 is 0. The third-order valence-corrected chi connectivity index (χ3v) is 6.61. The van der Waals surface area contributed by atoms with Gasteiger partial charge in [0.05, 0.1) is 10.8 Å². The molecule has 0 bridgehead atoms. The van der Waals surface area contributed by atoms with E-state index in [-0.39, 0.29) is 17.3 Å². The number of halogens is 1. The van der Waals surface area contributed by atoms with Crippen molar-refractivity contribution < 1.29 is 17.6 Å². The van der Waals surface area contributed by atoms with Gasteiger partial charge in [-0.1, -0.05) is 6.07 Å². The first kappa shape index (κ1) is 19.3. The Kier molecular flexibility index (Phi) is 5.48. The first-order chi connectivity index (χ1) is 12.8. The third kappa shape index (κ3) is 4.28. The lowest BCUT2D eigenvalue weighted by Gasteiger charge is -2.31. The standard InChI is InChI=1S/C19H22FN3O3S/c1-13-4-7-16(21)11-18(13)22-19(24)14-3-2-10-23(12-14)27(25,26)17-8-5-15(20)6-9-17/h4-9,11,14H,2-3,10,12,21H2,1H3,(H,22,24). The molecule has 3 N–H and O–H groups in total. The summed E-state index contributed by atoms with van der Waals surface area (Å²) in [7, 11) is -3.77. The van der Waals surface area contributed by atoms with Crippen LogP contribution in [0.15, 0.2) is 47.4 Å². The van der Waals surface area contributed by atoms with Crippen LogP contribution in [0.25, 0.3) is 0 Å². The average Bonchev–Trinajstić information content (AvgIpc) is 2.65. The lowest BCUT2D eigenvalue weighted by Crippen LogP contribution is -2.43. The molecule has 2 aromatic carbocycles. The summed E-state index contributed by atoms with van der Waals surface area (Å²) in [5.74, 6) is -1.19. The Labute approximate surface area is 158 Å². The molecule has 1 aliphatic rings. The van der Waals surface area contributed by atoms with Crippen molar-refractivity contribution in [3.8, 4) is 0 Å². The minimum atomic E-state index is -3.77. The van der Waals surface area contributed by atoms with E-state index in [1.807, 2.05) is 13.0 Å². The number of carbonyl (C=O) groups is 1. The molecule has 1 heterocycles. The summed E-state index contributed by atoms with van der Waals surface area (Å²) in [5, 5.41) is 2.85. The molecule has 6 nitrogen and oxygen atoms in total. The number of nitrogens with one attached hydrogen (secondary N) is 1. The van der Waals surface area contributed by atoms with Gasteiger partial charge in [-0.15, -0.1) is 0 Å². The molecule has 0 aromatic heterocycles. The highest BCUT2D eigenvalue weighted by atomic mass is 32.2. The summed E-state index contributed by atoms with van der Waals surface area (Å²) in [6.07, 6.45) is 1.18. The van der Waals surface area contributed by atoms with Crippen molar-refractivity contribution in [1.29, 1.82) is 0 Å². The van der Waals surface area contributed by atoms with Crippen molar-refractivity contribution in [2.24, 2.45) is 5.92 Å². The SMILES string of the molecule is Cc1ccc(N)cc1NC(=O)C1CCCN(S(=O)(=O)c2ccc(F)cc2)C1. The van der Waals surface area contributed by atoms with E-state index in [0.717, 1.165) is 17.7 Å². The molecule has 27 heavy (non-hydrogen) atoms. The Balaban J connectivity index is 1.74. The summed E-state index contributed by atoms with van der Waals surface area (Å²) in [4.78, 5) is 12.7. The fourth-order valence-corrected chi connectivity index (χ4v) is 4.66. The number of hydrogen-bond donors (Lipinski definition) is 2. The summed E-state index contributed by atoms with van der Waals surface area (Å²) in [6.45, 7) is 2.29. The Bertz CT molecular complexity index is 945. The van der Waals surface area contributed by atoms with Gasteiger partial charge in [0.1, 0.15) is 5.82 Å². The maximum atomic E-state index is 13.1. The highest BCUT2D eigenvalue weighted by molar-refractivity contribution is 7.89. The van der Waals surface area contributed by atoms with E-state index in [9.17, 15) is 17.6 Å². The fraction of sp³-hybridized carbons (Fsp3) is 0.316. The molecule has 0 aliphatic carbocycles. The average molecular weight is 391 g/mol. The molecule has 0 saturated carbocycles. The van der Waals surface area contributed by atoms with Gasteiger partial charge < -0.3 is 11.1 Å². The number of anilines is 2. The highest BCUT2D eigenvalue weighted by Gasteiger charge is 2.33. The van der Waals surface area contributed by atoms with Crippen LogP contribution in [-0.2, 0) is 14.8 Å². The van der Waals surface area contributed by atoms with Crippen LogP contribution in [0.4, 0.5) is 15.8 Å². The number of rotatable bonds is 4. The Morgan fingerprint density at radius 1 is 1.22 bits per heavy atom. The summed E-state index contributed by atoms with van der Waals surface area (Å²) in [5.41, 5.74) is 7.81. The number of nitrogens with zero attached hydrogens (tertiary/aromatic N) is 1. The molecule has 1 unspecified atom stereocenters. The normalized spacial score (nSPS) is 18.2. The van der Waals surface area contributed by atoms with E-state index in [0.29, 0.717) is 30.8 Å². The minimum Gasteiger partial charge on any atom is -0.399 e. The van der Waals surface area contributed by atoms with Crippen molar-refractivity contribution in [3.05, 3.63) is 53.8 Å². The first-order valence-corrected chi connectivity index (χ1v) is 10.1. The van der Waals surface area contributed by atoms with Crippen LogP contribution in [0.2, 0.25) is 0 Å². The maximum absolute atomic E-state index is 13.1. The number of amides is 1.